The second kappa shape index (κ2) is 5.85. The molecule has 19 heavy (non-hydrogen) atoms. The number of benzene rings is 2. The number of carbonyl (C=O) groups is 1. The number of rotatable bonds is 3. The highest BCUT2D eigenvalue weighted by molar-refractivity contribution is 9.10. The maximum Gasteiger partial charge on any atom is 0.167 e. The second-order valence-corrected chi connectivity index (χ2v) is 5.47. The first-order valence-electron chi connectivity index (χ1n) is 5.72. The minimum atomic E-state index is -0.450. The Labute approximate surface area is 124 Å². The molecule has 0 unspecified atom stereocenters. The van der Waals surface area contributed by atoms with Crippen molar-refractivity contribution < 1.29 is 9.18 Å². The van der Waals surface area contributed by atoms with E-state index in [4.69, 9.17) is 11.6 Å². The molecule has 0 N–H and O–H groups in total. The minimum Gasteiger partial charge on any atom is -0.294 e. The van der Waals surface area contributed by atoms with Crippen molar-refractivity contribution in [3.8, 4) is 0 Å². The predicted molar refractivity (Wildman–Crippen MR) is 78.3 cm³/mol. The average Bonchev–Trinajstić information content (AvgIpc) is 2.37. The molecule has 0 bridgehead atoms. The summed E-state index contributed by atoms with van der Waals surface area (Å²) in [6.07, 6.45) is -0.0389. The maximum atomic E-state index is 13.7. The second-order valence-electron chi connectivity index (χ2n) is 4.21. The summed E-state index contributed by atoms with van der Waals surface area (Å²) >= 11 is 9.31. The zero-order valence-electron chi connectivity index (χ0n) is 10.2. The van der Waals surface area contributed by atoms with Gasteiger partial charge >= 0.3 is 0 Å². The summed E-state index contributed by atoms with van der Waals surface area (Å²) in [5.74, 6) is -0.598. The minimum absolute atomic E-state index is 0.0389. The molecule has 0 amide bonds. The molecule has 0 aromatic heterocycles. The fourth-order valence-corrected chi connectivity index (χ4v) is 2.46. The Balaban J connectivity index is 2.34. The van der Waals surface area contributed by atoms with Crippen LogP contribution in [0.4, 0.5) is 4.39 Å². The van der Waals surface area contributed by atoms with Gasteiger partial charge in [0, 0.05) is 27.0 Å². The molecule has 2 aromatic rings. The zero-order valence-corrected chi connectivity index (χ0v) is 12.6. The molecule has 0 radical (unpaired) electrons. The van der Waals surface area contributed by atoms with E-state index in [9.17, 15) is 9.18 Å². The monoisotopic (exact) mass is 340 g/mol. The third-order valence-corrected chi connectivity index (χ3v) is 4.18. The van der Waals surface area contributed by atoms with Gasteiger partial charge in [-0.3, -0.25) is 4.79 Å². The van der Waals surface area contributed by atoms with Crippen LogP contribution in [0.25, 0.3) is 0 Å². The van der Waals surface area contributed by atoms with Gasteiger partial charge in [0.1, 0.15) is 5.82 Å². The molecule has 2 aromatic carbocycles. The first-order chi connectivity index (χ1) is 9.00. The van der Waals surface area contributed by atoms with E-state index in [1.165, 1.54) is 12.1 Å². The van der Waals surface area contributed by atoms with E-state index in [1.807, 2.05) is 13.0 Å². The molecule has 1 nitrogen and oxygen atoms in total. The van der Waals surface area contributed by atoms with Gasteiger partial charge < -0.3 is 0 Å². The lowest BCUT2D eigenvalue weighted by Gasteiger charge is -2.08. The van der Waals surface area contributed by atoms with Gasteiger partial charge in [-0.15, -0.1) is 0 Å². The predicted octanol–water partition coefficient (Wildman–Crippen LogP) is 4.98. The molecule has 0 saturated carbocycles. The summed E-state index contributed by atoms with van der Waals surface area (Å²) in [7, 11) is 0. The van der Waals surface area contributed by atoms with Crippen LogP contribution in [0.15, 0.2) is 40.9 Å². The van der Waals surface area contributed by atoms with Crippen molar-refractivity contribution in [1.29, 1.82) is 0 Å². The van der Waals surface area contributed by atoms with Gasteiger partial charge in [-0.05, 0) is 30.7 Å². The van der Waals surface area contributed by atoms with Crippen molar-refractivity contribution in [3.63, 3.8) is 0 Å². The van der Waals surface area contributed by atoms with Gasteiger partial charge in [0.25, 0.3) is 0 Å². The van der Waals surface area contributed by atoms with Crippen LogP contribution in [0.5, 0.6) is 0 Å². The summed E-state index contributed by atoms with van der Waals surface area (Å²) in [5.41, 5.74) is 1.67. The number of halogens is 3. The maximum absolute atomic E-state index is 13.7. The Kier molecular flexibility index (Phi) is 4.38. The highest BCUT2D eigenvalue weighted by atomic mass is 79.9. The number of hydrogen-bond donors (Lipinski definition) is 0. The van der Waals surface area contributed by atoms with Gasteiger partial charge in [-0.25, -0.2) is 4.39 Å². The Morgan fingerprint density at radius 2 is 1.95 bits per heavy atom. The highest BCUT2D eigenvalue weighted by Gasteiger charge is 2.15. The molecular weight excluding hydrogens is 331 g/mol. The molecule has 4 heteroatoms. The van der Waals surface area contributed by atoms with E-state index in [0.717, 1.165) is 10.0 Å². The van der Waals surface area contributed by atoms with Gasteiger partial charge in [-0.2, -0.15) is 0 Å². The Hall–Kier alpha value is -1.19. The van der Waals surface area contributed by atoms with Crippen molar-refractivity contribution in [2.45, 2.75) is 13.3 Å². The summed E-state index contributed by atoms with van der Waals surface area (Å²) in [4.78, 5) is 12.2. The zero-order chi connectivity index (χ0) is 14.0. The van der Waals surface area contributed by atoms with Crippen molar-refractivity contribution in [2.75, 3.05) is 0 Å². The van der Waals surface area contributed by atoms with Gasteiger partial charge in [-0.1, -0.05) is 45.7 Å². The molecule has 0 aliphatic heterocycles. The molecule has 0 atom stereocenters. The molecule has 0 heterocycles. The van der Waals surface area contributed by atoms with E-state index in [-0.39, 0.29) is 22.8 Å². The molecule has 98 valence electrons. The van der Waals surface area contributed by atoms with Crippen LogP contribution in [0.1, 0.15) is 21.5 Å². The lowest BCUT2D eigenvalue weighted by molar-refractivity contribution is 0.0991. The van der Waals surface area contributed by atoms with Crippen LogP contribution in [-0.4, -0.2) is 5.78 Å². The topological polar surface area (TPSA) is 17.1 Å². The number of Topliss-reactive ketones (excluding diaryl/α,β-unsaturated/α-hetero) is 1. The third-order valence-electron chi connectivity index (χ3n) is 2.97. The quantitative estimate of drug-likeness (QED) is 0.720. The van der Waals surface area contributed by atoms with E-state index in [1.54, 1.807) is 18.2 Å². The average molecular weight is 342 g/mol. The van der Waals surface area contributed by atoms with Crippen molar-refractivity contribution >= 4 is 33.3 Å². The van der Waals surface area contributed by atoms with Crippen LogP contribution in [0.3, 0.4) is 0 Å². The van der Waals surface area contributed by atoms with Crippen molar-refractivity contribution in [2.24, 2.45) is 0 Å². The molecule has 0 fully saturated rings. The number of hydrogen-bond acceptors (Lipinski definition) is 1. The van der Waals surface area contributed by atoms with E-state index < -0.39 is 5.82 Å². The fraction of sp³-hybridized carbons (Fsp3) is 0.133. The largest absolute Gasteiger partial charge is 0.294 e. The third kappa shape index (κ3) is 3.04. The molecule has 0 saturated heterocycles. The summed E-state index contributed by atoms with van der Waals surface area (Å²) < 4.78 is 14.5. The van der Waals surface area contributed by atoms with Crippen LogP contribution in [0, 0.1) is 12.7 Å². The Morgan fingerprint density at radius 1 is 1.26 bits per heavy atom. The smallest absolute Gasteiger partial charge is 0.167 e. The van der Waals surface area contributed by atoms with Crippen LogP contribution >= 0.6 is 27.5 Å². The van der Waals surface area contributed by atoms with E-state index >= 15 is 0 Å². The normalized spacial score (nSPS) is 10.5. The van der Waals surface area contributed by atoms with Crippen LogP contribution < -0.4 is 0 Å². The van der Waals surface area contributed by atoms with Gasteiger partial charge in [0.15, 0.2) is 5.78 Å². The fourth-order valence-electron chi connectivity index (χ4n) is 1.87. The van der Waals surface area contributed by atoms with Crippen LogP contribution in [0.2, 0.25) is 5.02 Å². The van der Waals surface area contributed by atoms with Gasteiger partial charge in [0.05, 0.1) is 0 Å². The number of ketones is 1. The molecule has 2 rings (SSSR count). The first-order valence-corrected chi connectivity index (χ1v) is 6.89. The molecule has 0 aliphatic rings. The van der Waals surface area contributed by atoms with Crippen molar-refractivity contribution in [3.05, 3.63) is 68.4 Å². The lowest BCUT2D eigenvalue weighted by Crippen LogP contribution is -2.08. The number of carbonyl (C=O) groups excluding carboxylic acids is 1. The Bertz CT molecular complexity index is 620. The van der Waals surface area contributed by atoms with E-state index in [2.05, 4.69) is 15.9 Å². The first kappa shape index (κ1) is 14.2. The van der Waals surface area contributed by atoms with Crippen molar-refractivity contribution in [1.82, 2.24) is 0 Å². The molecular formula is C15H11BrClFO. The molecule has 0 spiro atoms. The Morgan fingerprint density at radius 3 is 2.63 bits per heavy atom. The lowest BCUT2D eigenvalue weighted by atomic mass is 9.99. The van der Waals surface area contributed by atoms with E-state index in [0.29, 0.717) is 5.56 Å². The summed E-state index contributed by atoms with van der Waals surface area (Å²) in [6.45, 7) is 1.85. The SMILES string of the molecule is Cc1c(Br)cccc1C(=O)Cc1c(F)cccc1Cl. The summed E-state index contributed by atoms with van der Waals surface area (Å²) in [5, 5.41) is 0.279. The van der Waals surface area contributed by atoms with Crippen LogP contribution in [-0.2, 0) is 6.42 Å². The summed E-state index contributed by atoms with van der Waals surface area (Å²) in [6, 6.07) is 9.80. The van der Waals surface area contributed by atoms with Gasteiger partial charge in [0.2, 0.25) is 0 Å². The highest BCUT2D eigenvalue weighted by Crippen LogP contribution is 2.24. The standard InChI is InChI=1S/C15H11BrClFO/c1-9-10(4-2-5-12(9)16)15(19)8-11-13(17)6-3-7-14(11)18/h2-7H,8H2,1H3. The molecule has 0 aliphatic carbocycles.